The number of amides is 2. The van der Waals surface area contributed by atoms with E-state index in [4.69, 9.17) is 4.74 Å². The lowest BCUT2D eigenvalue weighted by Crippen LogP contribution is -2.54. The van der Waals surface area contributed by atoms with Crippen LogP contribution in [0.3, 0.4) is 0 Å². The molecule has 0 radical (unpaired) electrons. The first-order valence-electron chi connectivity index (χ1n) is 10.4. The molecule has 1 aliphatic carbocycles. The van der Waals surface area contributed by atoms with Gasteiger partial charge in [-0.15, -0.1) is 0 Å². The van der Waals surface area contributed by atoms with Crippen molar-refractivity contribution in [2.45, 2.75) is 31.7 Å². The summed E-state index contributed by atoms with van der Waals surface area (Å²) >= 11 is 0. The quantitative estimate of drug-likeness (QED) is 0.713. The summed E-state index contributed by atoms with van der Waals surface area (Å²) in [5, 5.41) is 0. The van der Waals surface area contributed by atoms with E-state index in [0.717, 1.165) is 65.1 Å². The fourth-order valence-corrected chi connectivity index (χ4v) is 4.08. The highest BCUT2D eigenvalue weighted by Gasteiger charge is 2.38. The number of piperidine rings is 1. The lowest BCUT2D eigenvalue weighted by Gasteiger charge is -2.40. The molecule has 0 bridgehead atoms. The number of hydrogen-bond acceptors (Lipinski definition) is 6. The van der Waals surface area contributed by atoms with E-state index in [1.54, 1.807) is 12.4 Å². The van der Waals surface area contributed by atoms with Gasteiger partial charge in [-0.05, 0) is 25.7 Å². The molecule has 28 heavy (non-hydrogen) atoms. The van der Waals surface area contributed by atoms with Crippen molar-refractivity contribution in [1.29, 1.82) is 0 Å². The Morgan fingerprint density at radius 1 is 1.14 bits per heavy atom. The summed E-state index contributed by atoms with van der Waals surface area (Å²) in [6, 6.07) is 0.0866. The van der Waals surface area contributed by atoms with Gasteiger partial charge in [-0.2, -0.15) is 0 Å². The van der Waals surface area contributed by atoms with Crippen molar-refractivity contribution in [2.24, 2.45) is 5.92 Å². The second-order valence-corrected chi connectivity index (χ2v) is 7.90. The molecular formula is C20H29N5O3. The van der Waals surface area contributed by atoms with Gasteiger partial charge in [0, 0.05) is 63.6 Å². The molecule has 3 fully saturated rings. The summed E-state index contributed by atoms with van der Waals surface area (Å²) < 4.78 is 5.42. The van der Waals surface area contributed by atoms with Gasteiger partial charge in [0.05, 0.1) is 19.4 Å². The Kier molecular flexibility index (Phi) is 6.17. The molecule has 4 rings (SSSR count). The van der Waals surface area contributed by atoms with Crippen LogP contribution in [-0.4, -0.2) is 95.0 Å². The SMILES string of the molecule is O=C(c1cnccn1)N1CCCC(N(CCN2CCOCC2)C(=O)C2CC2)C1. The van der Waals surface area contributed by atoms with Crippen LogP contribution in [0, 0.1) is 5.92 Å². The van der Waals surface area contributed by atoms with Gasteiger partial charge < -0.3 is 14.5 Å². The largest absolute Gasteiger partial charge is 0.379 e. The lowest BCUT2D eigenvalue weighted by molar-refractivity contribution is -0.136. The molecule has 1 aromatic heterocycles. The molecule has 1 aromatic rings. The molecule has 3 aliphatic rings. The fourth-order valence-electron chi connectivity index (χ4n) is 4.08. The molecule has 2 saturated heterocycles. The van der Waals surface area contributed by atoms with E-state index in [9.17, 15) is 9.59 Å². The molecule has 1 atom stereocenters. The first kappa shape index (κ1) is 19.3. The molecule has 0 aromatic carbocycles. The van der Waals surface area contributed by atoms with E-state index < -0.39 is 0 Å². The molecule has 2 amide bonds. The van der Waals surface area contributed by atoms with Gasteiger partial charge in [-0.1, -0.05) is 0 Å². The van der Waals surface area contributed by atoms with Gasteiger partial charge in [0.25, 0.3) is 5.91 Å². The van der Waals surface area contributed by atoms with E-state index in [-0.39, 0.29) is 23.8 Å². The van der Waals surface area contributed by atoms with Crippen molar-refractivity contribution in [3.63, 3.8) is 0 Å². The van der Waals surface area contributed by atoms with Crippen LogP contribution < -0.4 is 0 Å². The molecule has 8 nitrogen and oxygen atoms in total. The maximum atomic E-state index is 13.0. The maximum absolute atomic E-state index is 13.0. The molecule has 0 N–H and O–H groups in total. The lowest BCUT2D eigenvalue weighted by atomic mass is 10.0. The third kappa shape index (κ3) is 4.67. The second kappa shape index (κ2) is 8.96. The van der Waals surface area contributed by atoms with Crippen LogP contribution in [0.5, 0.6) is 0 Å². The number of likely N-dealkylation sites (tertiary alicyclic amines) is 1. The Morgan fingerprint density at radius 2 is 1.96 bits per heavy atom. The Labute approximate surface area is 165 Å². The van der Waals surface area contributed by atoms with Gasteiger partial charge in [0.1, 0.15) is 5.69 Å². The molecule has 152 valence electrons. The zero-order valence-electron chi connectivity index (χ0n) is 16.3. The van der Waals surface area contributed by atoms with Crippen molar-refractivity contribution >= 4 is 11.8 Å². The molecule has 2 aliphatic heterocycles. The highest BCUT2D eigenvalue weighted by Crippen LogP contribution is 2.32. The summed E-state index contributed by atoms with van der Waals surface area (Å²) in [7, 11) is 0. The van der Waals surface area contributed by atoms with Crippen molar-refractivity contribution in [3.8, 4) is 0 Å². The topological polar surface area (TPSA) is 78.9 Å². The van der Waals surface area contributed by atoms with Crippen molar-refractivity contribution < 1.29 is 14.3 Å². The average Bonchev–Trinajstić information content (AvgIpc) is 3.60. The molecule has 3 heterocycles. The van der Waals surface area contributed by atoms with Crippen molar-refractivity contribution in [2.75, 3.05) is 52.5 Å². The number of hydrogen-bond donors (Lipinski definition) is 0. The minimum atomic E-state index is -0.0928. The Morgan fingerprint density at radius 3 is 2.68 bits per heavy atom. The van der Waals surface area contributed by atoms with Crippen LogP contribution in [0.4, 0.5) is 0 Å². The Bertz CT molecular complexity index is 676. The maximum Gasteiger partial charge on any atom is 0.274 e. The molecule has 0 spiro atoms. The highest BCUT2D eigenvalue weighted by molar-refractivity contribution is 5.92. The van der Waals surface area contributed by atoms with Gasteiger partial charge in [-0.25, -0.2) is 4.98 Å². The van der Waals surface area contributed by atoms with E-state index in [2.05, 4.69) is 19.8 Å². The smallest absolute Gasteiger partial charge is 0.274 e. The summed E-state index contributed by atoms with van der Waals surface area (Å²) in [6.45, 7) is 6.27. The Balaban J connectivity index is 1.41. The molecule has 1 saturated carbocycles. The number of rotatable bonds is 6. The van der Waals surface area contributed by atoms with E-state index in [1.165, 1.54) is 6.20 Å². The third-order valence-corrected chi connectivity index (χ3v) is 5.88. The number of carbonyl (C=O) groups excluding carboxylic acids is 2. The van der Waals surface area contributed by atoms with Crippen LogP contribution >= 0.6 is 0 Å². The number of carbonyl (C=O) groups is 2. The highest BCUT2D eigenvalue weighted by atomic mass is 16.5. The van der Waals surface area contributed by atoms with Gasteiger partial charge >= 0.3 is 0 Å². The van der Waals surface area contributed by atoms with Gasteiger partial charge in [0.15, 0.2) is 0 Å². The first-order valence-corrected chi connectivity index (χ1v) is 10.4. The number of aromatic nitrogens is 2. The minimum absolute atomic E-state index is 0.0866. The number of morpholine rings is 1. The van der Waals surface area contributed by atoms with E-state index in [0.29, 0.717) is 18.8 Å². The normalized spacial score (nSPS) is 23.4. The zero-order chi connectivity index (χ0) is 19.3. The minimum Gasteiger partial charge on any atom is -0.379 e. The van der Waals surface area contributed by atoms with Crippen molar-refractivity contribution in [3.05, 3.63) is 24.3 Å². The predicted octanol–water partition coefficient (Wildman–Crippen LogP) is 0.652. The molecular weight excluding hydrogens is 358 g/mol. The van der Waals surface area contributed by atoms with Crippen LogP contribution in [0.15, 0.2) is 18.6 Å². The van der Waals surface area contributed by atoms with Crippen LogP contribution in [0.2, 0.25) is 0 Å². The second-order valence-electron chi connectivity index (χ2n) is 7.90. The summed E-state index contributed by atoms with van der Waals surface area (Å²) in [5.41, 5.74) is 0.372. The fraction of sp³-hybridized carbons (Fsp3) is 0.700. The number of nitrogens with zero attached hydrogens (tertiary/aromatic N) is 5. The van der Waals surface area contributed by atoms with Crippen LogP contribution in [-0.2, 0) is 9.53 Å². The summed E-state index contributed by atoms with van der Waals surface area (Å²) in [4.78, 5) is 40.2. The standard InChI is InChI=1S/C20H29N5O3/c26-19(16-3-4-16)25(9-8-23-10-12-28-13-11-23)17-2-1-7-24(15-17)20(27)18-14-21-5-6-22-18/h5-6,14,16-17H,1-4,7-13,15H2. The summed E-state index contributed by atoms with van der Waals surface area (Å²) in [6.07, 6.45) is 8.48. The first-order chi connectivity index (χ1) is 13.7. The predicted molar refractivity (Wildman–Crippen MR) is 103 cm³/mol. The molecule has 8 heteroatoms. The van der Waals surface area contributed by atoms with Crippen LogP contribution in [0.25, 0.3) is 0 Å². The number of ether oxygens (including phenoxy) is 1. The van der Waals surface area contributed by atoms with Crippen LogP contribution in [0.1, 0.15) is 36.2 Å². The van der Waals surface area contributed by atoms with Crippen molar-refractivity contribution in [1.82, 2.24) is 24.7 Å². The Hall–Kier alpha value is -2.06. The monoisotopic (exact) mass is 387 g/mol. The third-order valence-electron chi connectivity index (χ3n) is 5.88. The molecule has 1 unspecified atom stereocenters. The van der Waals surface area contributed by atoms with Gasteiger partial charge in [0.2, 0.25) is 5.91 Å². The summed E-state index contributed by atoms with van der Waals surface area (Å²) in [5.74, 6) is 0.368. The zero-order valence-corrected chi connectivity index (χ0v) is 16.3. The van der Waals surface area contributed by atoms with E-state index in [1.807, 2.05) is 4.90 Å². The van der Waals surface area contributed by atoms with E-state index >= 15 is 0 Å². The average molecular weight is 387 g/mol. The van der Waals surface area contributed by atoms with Gasteiger partial charge in [-0.3, -0.25) is 19.5 Å².